The van der Waals surface area contributed by atoms with Crippen LogP contribution < -0.4 is 5.32 Å². The minimum atomic E-state index is -4.44. The molecule has 0 bridgehead atoms. The van der Waals surface area contributed by atoms with Gasteiger partial charge >= 0.3 is 12.1 Å². The third-order valence-electron chi connectivity index (χ3n) is 9.00. The van der Waals surface area contributed by atoms with Crippen molar-refractivity contribution in [3.05, 3.63) is 46.6 Å². The number of hydrogen-bond acceptors (Lipinski definition) is 3. The van der Waals surface area contributed by atoms with E-state index in [0.717, 1.165) is 49.8 Å². The highest BCUT2D eigenvalue weighted by molar-refractivity contribution is 5.71. The van der Waals surface area contributed by atoms with Crippen molar-refractivity contribution in [1.82, 2.24) is 9.88 Å². The lowest BCUT2D eigenvalue weighted by atomic mass is 9.80. The Labute approximate surface area is 216 Å². The lowest BCUT2D eigenvalue weighted by molar-refractivity contribution is -0.145. The van der Waals surface area contributed by atoms with Gasteiger partial charge in [-0.2, -0.15) is 13.2 Å². The maximum atomic E-state index is 13.9. The van der Waals surface area contributed by atoms with Gasteiger partial charge < -0.3 is 14.8 Å². The molecule has 1 heterocycles. The molecule has 0 spiro atoms. The zero-order valence-electron chi connectivity index (χ0n) is 21.6. The molecule has 5 nitrogen and oxygen atoms in total. The van der Waals surface area contributed by atoms with Crippen molar-refractivity contribution in [2.75, 3.05) is 0 Å². The van der Waals surface area contributed by atoms with Crippen LogP contribution in [0.3, 0.4) is 0 Å². The number of hydrogen-bond donors (Lipinski definition) is 3. The number of halogens is 3. The molecule has 0 radical (unpaired) electrons. The number of nitrogens with zero attached hydrogens (tertiary/aromatic N) is 1. The number of aliphatic carboxylic acids is 1. The van der Waals surface area contributed by atoms with E-state index >= 15 is 0 Å². The summed E-state index contributed by atoms with van der Waals surface area (Å²) in [5.74, 6) is -0.773. The largest absolute Gasteiger partial charge is 0.481 e. The van der Waals surface area contributed by atoms with Crippen LogP contribution in [0, 0.1) is 18.8 Å². The van der Waals surface area contributed by atoms with E-state index in [-0.39, 0.29) is 11.5 Å². The normalized spacial score (nSPS) is 24.5. The Kier molecular flexibility index (Phi) is 6.94. The molecule has 0 amide bonds. The number of alkyl halides is 3. The van der Waals surface area contributed by atoms with E-state index in [1.165, 1.54) is 18.6 Å². The van der Waals surface area contributed by atoms with E-state index < -0.39 is 29.9 Å². The Hall–Kier alpha value is -2.32. The summed E-state index contributed by atoms with van der Waals surface area (Å²) in [6.45, 7) is 4.64. The topological polar surface area (TPSA) is 74.5 Å². The molecule has 37 heavy (non-hydrogen) atoms. The molecule has 8 heteroatoms. The number of aliphatic hydroxyl groups is 1. The Balaban J connectivity index is 1.52. The smallest absolute Gasteiger partial charge is 0.416 e. The van der Waals surface area contributed by atoms with Gasteiger partial charge in [0.15, 0.2) is 0 Å². The molecule has 1 aromatic carbocycles. The fourth-order valence-electron chi connectivity index (χ4n) is 6.08. The Morgan fingerprint density at radius 1 is 1.14 bits per heavy atom. The lowest BCUT2D eigenvalue weighted by Gasteiger charge is -2.34. The van der Waals surface area contributed by atoms with E-state index in [1.54, 1.807) is 0 Å². The molecule has 0 saturated heterocycles. The van der Waals surface area contributed by atoms with E-state index in [4.69, 9.17) is 5.11 Å². The number of rotatable bonds is 8. The molecule has 202 valence electrons. The number of nitrogens with one attached hydrogen (secondary N) is 1. The molecule has 1 atom stereocenters. The fraction of sp³-hybridized carbons (Fsp3) is 0.621. The maximum absolute atomic E-state index is 13.9. The van der Waals surface area contributed by atoms with Crippen LogP contribution in [-0.2, 0) is 22.9 Å². The summed E-state index contributed by atoms with van der Waals surface area (Å²) >= 11 is 0. The summed E-state index contributed by atoms with van der Waals surface area (Å²) in [6, 6.07) is 6.17. The third kappa shape index (κ3) is 5.46. The van der Waals surface area contributed by atoms with Crippen LogP contribution in [0.25, 0.3) is 11.3 Å². The van der Waals surface area contributed by atoms with Gasteiger partial charge in [-0.15, -0.1) is 0 Å². The predicted octanol–water partition coefficient (Wildman–Crippen LogP) is 6.56. The Morgan fingerprint density at radius 3 is 2.41 bits per heavy atom. The number of carboxylic acids is 1. The van der Waals surface area contributed by atoms with Gasteiger partial charge in [0.2, 0.25) is 0 Å². The van der Waals surface area contributed by atoms with Crippen LogP contribution in [-0.4, -0.2) is 26.8 Å². The lowest BCUT2D eigenvalue weighted by Crippen LogP contribution is -2.45. The summed E-state index contributed by atoms with van der Waals surface area (Å²) in [6.07, 6.45) is 2.94. The van der Waals surface area contributed by atoms with Crippen LogP contribution in [0.4, 0.5) is 13.2 Å². The second kappa shape index (κ2) is 9.77. The average Bonchev–Trinajstić information content (AvgIpc) is 3.50. The number of aliphatic hydroxyl groups excluding tert-OH is 1. The summed E-state index contributed by atoms with van der Waals surface area (Å²) in [7, 11) is 0. The summed E-state index contributed by atoms with van der Waals surface area (Å²) in [5.41, 5.74) is 2.57. The van der Waals surface area contributed by atoms with Gasteiger partial charge in [-0.1, -0.05) is 26.2 Å². The van der Waals surface area contributed by atoms with Crippen LogP contribution in [0.15, 0.2) is 24.3 Å². The van der Waals surface area contributed by atoms with Crippen molar-refractivity contribution in [1.29, 1.82) is 0 Å². The summed E-state index contributed by atoms with van der Waals surface area (Å²) < 4.78 is 43.9. The van der Waals surface area contributed by atoms with Crippen LogP contribution in [0.1, 0.15) is 93.3 Å². The molecule has 3 aliphatic rings. The maximum Gasteiger partial charge on any atom is 0.416 e. The molecule has 1 unspecified atom stereocenters. The molecule has 0 aliphatic heterocycles. The van der Waals surface area contributed by atoms with Crippen LogP contribution in [0.5, 0.6) is 0 Å². The molecular weight excluding hydrogens is 481 g/mol. The zero-order chi connectivity index (χ0) is 26.5. The number of aromatic nitrogens is 1. The van der Waals surface area contributed by atoms with Crippen molar-refractivity contribution in [3.8, 4) is 11.3 Å². The highest BCUT2D eigenvalue weighted by Crippen LogP contribution is 2.50. The molecule has 2 aromatic rings. The first kappa shape index (κ1) is 26.3. The zero-order valence-corrected chi connectivity index (χ0v) is 21.6. The van der Waals surface area contributed by atoms with Crippen molar-refractivity contribution >= 4 is 5.97 Å². The number of carboxylic acid groups (broad SMARTS) is 1. The third-order valence-corrected chi connectivity index (χ3v) is 9.00. The Bertz CT molecular complexity index is 1130. The standard InChI is InChI=1S/C29H37F3N2O3/c1-17-24(26(35)33-23-12-20(13-23)27(36)37)15-25(34(17)16-18-6-4-3-5-7-18)19-10-21(28(2)8-9-28)14-22(11-19)29(30,31)32/h10-11,14-15,18,20,23,26,33,35H,3-9,12-13,16H2,1-2H3,(H,36,37). The van der Waals surface area contributed by atoms with Gasteiger partial charge in [0, 0.05) is 29.5 Å². The molecule has 1 aromatic heterocycles. The second-order valence-electron chi connectivity index (χ2n) is 11.8. The van der Waals surface area contributed by atoms with Gasteiger partial charge in [-0.05, 0) is 92.2 Å². The van der Waals surface area contributed by atoms with Gasteiger partial charge in [0.05, 0.1) is 11.5 Å². The minimum absolute atomic E-state index is 0.101. The van der Waals surface area contributed by atoms with Gasteiger partial charge in [0.1, 0.15) is 6.23 Å². The quantitative estimate of drug-likeness (QED) is 0.346. The highest BCUT2D eigenvalue weighted by Gasteiger charge is 2.42. The Morgan fingerprint density at radius 2 is 1.81 bits per heavy atom. The average molecular weight is 519 g/mol. The van der Waals surface area contributed by atoms with Crippen LogP contribution in [0.2, 0.25) is 0 Å². The molecular formula is C29H37F3N2O3. The van der Waals surface area contributed by atoms with Crippen molar-refractivity contribution in [3.63, 3.8) is 0 Å². The van der Waals surface area contributed by atoms with Gasteiger partial charge in [-0.3, -0.25) is 10.1 Å². The monoisotopic (exact) mass is 518 g/mol. The first-order valence-corrected chi connectivity index (χ1v) is 13.5. The first-order chi connectivity index (χ1) is 17.4. The van der Waals surface area contributed by atoms with E-state index in [9.17, 15) is 23.1 Å². The van der Waals surface area contributed by atoms with Crippen molar-refractivity contribution < 1.29 is 28.2 Å². The highest BCUT2D eigenvalue weighted by atomic mass is 19.4. The van der Waals surface area contributed by atoms with E-state index in [0.29, 0.717) is 42.1 Å². The predicted molar refractivity (Wildman–Crippen MR) is 135 cm³/mol. The summed E-state index contributed by atoms with van der Waals surface area (Å²) in [5, 5.41) is 23.4. The fourth-order valence-corrected chi connectivity index (χ4v) is 6.08. The molecule has 5 rings (SSSR count). The van der Waals surface area contributed by atoms with Crippen LogP contribution >= 0.6 is 0 Å². The van der Waals surface area contributed by atoms with Gasteiger partial charge in [0.25, 0.3) is 0 Å². The molecule has 3 aliphatic carbocycles. The molecule has 3 N–H and O–H groups in total. The SMILES string of the molecule is Cc1c(C(O)NC2CC(C(=O)O)C2)cc(-c2cc(C(F)(F)F)cc(C3(C)CC3)c2)n1CC1CCCCC1. The van der Waals surface area contributed by atoms with Crippen molar-refractivity contribution in [2.24, 2.45) is 11.8 Å². The van der Waals surface area contributed by atoms with Gasteiger partial charge in [-0.25, -0.2) is 0 Å². The van der Waals surface area contributed by atoms with Crippen molar-refractivity contribution in [2.45, 2.75) is 102 Å². The number of benzene rings is 1. The second-order valence-corrected chi connectivity index (χ2v) is 11.8. The number of carbonyl (C=O) groups is 1. The summed E-state index contributed by atoms with van der Waals surface area (Å²) in [4.78, 5) is 11.2. The molecule has 3 fully saturated rings. The first-order valence-electron chi connectivity index (χ1n) is 13.5. The molecule has 3 saturated carbocycles. The minimum Gasteiger partial charge on any atom is -0.481 e. The van der Waals surface area contributed by atoms with E-state index in [2.05, 4.69) is 9.88 Å². The van der Waals surface area contributed by atoms with E-state index in [1.807, 2.05) is 26.0 Å².